The maximum atomic E-state index is 13.2. The highest BCUT2D eigenvalue weighted by molar-refractivity contribution is 7.20. The van der Waals surface area contributed by atoms with Crippen molar-refractivity contribution in [2.24, 2.45) is 11.7 Å². The van der Waals surface area contributed by atoms with Crippen molar-refractivity contribution in [3.8, 4) is 0 Å². The number of halogens is 1. The summed E-state index contributed by atoms with van der Waals surface area (Å²) in [6, 6.07) is 5.79. The van der Waals surface area contributed by atoms with Gasteiger partial charge in [0.1, 0.15) is 10.7 Å². The van der Waals surface area contributed by atoms with Crippen molar-refractivity contribution in [1.29, 1.82) is 0 Å². The predicted octanol–water partition coefficient (Wildman–Crippen LogP) is 1.92. The number of likely N-dealkylation sites (tertiary alicyclic amines) is 1. The molecule has 2 amide bonds. The fourth-order valence-corrected chi connectivity index (χ4v) is 3.78. The molecule has 1 aromatic carbocycles. The zero-order valence-electron chi connectivity index (χ0n) is 13.4. The lowest BCUT2D eigenvalue weighted by Crippen LogP contribution is -2.45. The number of fused-ring (bicyclic) bond motifs is 1. The van der Waals surface area contributed by atoms with Crippen molar-refractivity contribution < 1.29 is 23.5 Å². The van der Waals surface area contributed by atoms with Crippen LogP contribution in [-0.2, 0) is 14.3 Å². The lowest BCUT2D eigenvalue weighted by Gasteiger charge is -2.30. The van der Waals surface area contributed by atoms with E-state index in [1.165, 1.54) is 28.4 Å². The molecule has 6 nitrogen and oxygen atoms in total. The van der Waals surface area contributed by atoms with Gasteiger partial charge in [0.05, 0.1) is 5.92 Å². The molecular weight excluding hydrogens is 347 g/mol. The van der Waals surface area contributed by atoms with Crippen LogP contribution in [0.15, 0.2) is 24.3 Å². The Hall–Kier alpha value is -2.48. The summed E-state index contributed by atoms with van der Waals surface area (Å²) in [5.74, 6) is -2.14. The fraction of sp³-hybridized carbons (Fsp3) is 0.353. The summed E-state index contributed by atoms with van der Waals surface area (Å²) in [6.07, 6.45) is 1.35. The Kier molecular flexibility index (Phi) is 4.98. The molecule has 3 rings (SSSR count). The van der Waals surface area contributed by atoms with Crippen molar-refractivity contribution in [2.75, 3.05) is 19.7 Å². The maximum Gasteiger partial charge on any atom is 0.348 e. The minimum absolute atomic E-state index is 0.258. The van der Waals surface area contributed by atoms with Crippen molar-refractivity contribution in [1.82, 2.24) is 4.90 Å². The van der Waals surface area contributed by atoms with E-state index in [1.807, 2.05) is 0 Å². The maximum absolute atomic E-state index is 13.2. The molecule has 1 fully saturated rings. The van der Waals surface area contributed by atoms with Crippen molar-refractivity contribution in [2.45, 2.75) is 12.8 Å². The third-order valence-electron chi connectivity index (χ3n) is 4.18. The van der Waals surface area contributed by atoms with Crippen LogP contribution in [0.2, 0.25) is 0 Å². The molecule has 1 aromatic heterocycles. The number of esters is 1. The second kappa shape index (κ2) is 7.18. The van der Waals surface area contributed by atoms with Crippen LogP contribution in [0.25, 0.3) is 10.1 Å². The number of ether oxygens (including phenoxy) is 1. The molecule has 1 aliphatic heterocycles. The van der Waals surface area contributed by atoms with Gasteiger partial charge in [0.2, 0.25) is 5.91 Å². The van der Waals surface area contributed by atoms with Crippen LogP contribution < -0.4 is 5.73 Å². The van der Waals surface area contributed by atoms with Crippen molar-refractivity contribution in [3.63, 3.8) is 0 Å². The van der Waals surface area contributed by atoms with Gasteiger partial charge in [0, 0.05) is 17.8 Å². The van der Waals surface area contributed by atoms with Crippen LogP contribution in [0.4, 0.5) is 4.39 Å². The zero-order chi connectivity index (χ0) is 18.0. The van der Waals surface area contributed by atoms with Crippen LogP contribution in [0, 0.1) is 11.7 Å². The van der Waals surface area contributed by atoms with E-state index < -0.39 is 18.5 Å². The number of carbonyl (C=O) groups is 3. The largest absolute Gasteiger partial charge is 0.451 e. The minimum atomic E-state index is -0.626. The van der Waals surface area contributed by atoms with E-state index in [-0.39, 0.29) is 24.2 Å². The number of amides is 2. The normalized spacial score (nSPS) is 17.5. The molecule has 1 atom stereocenters. The number of hydrogen-bond donors (Lipinski definition) is 1. The first kappa shape index (κ1) is 17.3. The van der Waals surface area contributed by atoms with Gasteiger partial charge in [-0.25, -0.2) is 9.18 Å². The van der Waals surface area contributed by atoms with E-state index >= 15 is 0 Å². The highest BCUT2D eigenvalue weighted by atomic mass is 32.1. The number of carbonyl (C=O) groups excluding carboxylic acids is 3. The van der Waals surface area contributed by atoms with Crippen LogP contribution in [0.1, 0.15) is 22.5 Å². The van der Waals surface area contributed by atoms with Gasteiger partial charge in [-0.3, -0.25) is 9.59 Å². The Morgan fingerprint density at radius 3 is 2.88 bits per heavy atom. The van der Waals surface area contributed by atoms with E-state index in [0.29, 0.717) is 29.6 Å². The Morgan fingerprint density at radius 1 is 1.32 bits per heavy atom. The number of benzene rings is 1. The van der Waals surface area contributed by atoms with Gasteiger partial charge < -0.3 is 15.4 Å². The quantitative estimate of drug-likeness (QED) is 0.840. The smallest absolute Gasteiger partial charge is 0.348 e. The second-order valence-electron chi connectivity index (χ2n) is 5.95. The molecule has 1 aliphatic rings. The number of primary amides is 1. The topological polar surface area (TPSA) is 89.7 Å². The number of nitrogens with zero attached hydrogens (tertiary/aromatic N) is 1. The SMILES string of the molecule is NC(=O)[C@H]1CCCN(C(=O)COC(=O)c2cc3cc(F)ccc3s2)C1. The summed E-state index contributed by atoms with van der Waals surface area (Å²) in [6.45, 7) is 0.378. The van der Waals surface area contributed by atoms with Gasteiger partial charge in [-0.1, -0.05) is 0 Å². The van der Waals surface area contributed by atoms with Gasteiger partial charge in [0.25, 0.3) is 5.91 Å². The molecule has 2 N–H and O–H groups in total. The molecule has 2 aromatic rings. The highest BCUT2D eigenvalue weighted by Crippen LogP contribution is 2.26. The van der Waals surface area contributed by atoms with E-state index in [2.05, 4.69) is 0 Å². The fourth-order valence-electron chi connectivity index (χ4n) is 2.84. The second-order valence-corrected chi connectivity index (χ2v) is 7.03. The molecule has 0 radical (unpaired) electrons. The Bertz CT molecular complexity index is 835. The standard InChI is InChI=1S/C17H17FN2O4S/c18-12-3-4-13-11(6-12)7-14(25-13)17(23)24-9-15(21)20-5-1-2-10(8-20)16(19)22/h3-4,6-7,10H,1-2,5,8-9H2,(H2,19,22)/t10-/m0/s1. The van der Waals surface area contributed by atoms with Gasteiger partial charge >= 0.3 is 5.97 Å². The number of hydrogen-bond acceptors (Lipinski definition) is 5. The van der Waals surface area contributed by atoms with Gasteiger partial charge in [0.15, 0.2) is 6.61 Å². The number of thiophene rings is 1. The molecule has 132 valence electrons. The first-order chi connectivity index (χ1) is 11.9. The molecular formula is C17H17FN2O4S. The molecule has 0 unspecified atom stereocenters. The van der Waals surface area contributed by atoms with Crippen LogP contribution >= 0.6 is 11.3 Å². The van der Waals surface area contributed by atoms with Crippen LogP contribution in [0.3, 0.4) is 0 Å². The highest BCUT2D eigenvalue weighted by Gasteiger charge is 2.27. The molecule has 0 saturated carbocycles. The summed E-state index contributed by atoms with van der Waals surface area (Å²) in [7, 11) is 0. The molecule has 8 heteroatoms. The average molecular weight is 364 g/mol. The monoisotopic (exact) mass is 364 g/mol. The Balaban J connectivity index is 1.59. The third kappa shape index (κ3) is 3.96. The summed E-state index contributed by atoms with van der Waals surface area (Å²) in [4.78, 5) is 37.3. The molecule has 0 bridgehead atoms. The Labute approximate surface area is 147 Å². The van der Waals surface area contributed by atoms with E-state index in [0.717, 1.165) is 4.70 Å². The number of rotatable bonds is 4. The molecule has 25 heavy (non-hydrogen) atoms. The Morgan fingerprint density at radius 2 is 2.12 bits per heavy atom. The van der Waals surface area contributed by atoms with Gasteiger partial charge in [-0.2, -0.15) is 0 Å². The van der Waals surface area contributed by atoms with Crippen molar-refractivity contribution in [3.05, 3.63) is 35.0 Å². The van der Waals surface area contributed by atoms with Crippen LogP contribution in [0.5, 0.6) is 0 Å². The average Bonchev–Trinajstić information content (AvgIpc) is 3.02. The van der Waals surface area contributed by atoms with Crippen LogP contribution in [-0.4, -0.2) is 42.4 Å². The summed E-state index contributed by atoms with van der Waals surface area (Å²) in [5.41, 5.74) is 5.29. The van der Waals surface area contributed by atoms with E-state index in [4.69, 9.17) is 10.5 Å². The number of piperidine rings is 1. The summed E-state index contributed by atoms with van der Waals surface area (Å²) in [5, 5.41) is 0.614. The molecule has 0 spiro atoms. The zero-order valence-corrected chi connectivity index (χ0v) is 14.2. The lowest BCUT2D eigenvalue weighted by atomic mass is 9.97. The summed E-state index contributed by atoms with van der Waals surface area (Å²) >= 11 is 1.18. The number of nitrogens with two attached hydrogens (primary N) is 1. The van der Waals surface area contributed by atoms with Crippen molar-refractivity contribution >= 4 is 39.2 Å². The van der Waals surface area contributed by atoms with Gasteiger partial charge in [-0.05, 0) is 42.5 Å². The first-order valence-electron chi connectivity index (χ1n) is 7.87. The molecule has 2 heterocycles. The van der Waals surface area contributed by atoms with Gasteiger partial charge in [-0.15, -0.1) is 11.3 Å². The minimum Gasteiger partial charge on any atom is -0.451 e. The first-order valence-corrected chi connectivity index (χ1v) is 8.69. The third-order valence-corrected chi connectivity index (χ3v) is 5.28. The predicted molar refractivity (Wildman–Crippen MR) is 90.6 cm³/mol. The molecule has 1 saturated heterocycles. The lowest BCUT2D eigenvalue weighted by molar-refractivity contribution is -0.137. The van der Waals surface area contributed by atoms with E-state index in [1.54, 1.807) is 12.1 Å². The summed E-state index contributed by atoms with van der Waals surface area (Å²) < 4.78 is 19.0. The molecule has 0 aliphatic carbocycles. The van der Waals surface area contributed by atoms with E-state index in [9.17, 15) is 18.8 Å².